The number of ether oxygens (including phenoxy) is 4. The van der Waals surface area contributed by atoms with Crippen LogP contribution in [0.25, 0.3) is 16.6 Å². The average molecular weight is 1420 g/mol. The van der Waals surface area contributed by atoms with Gasteiger partial charge in [0.15, 0.2) is 15.6 Å². The summed E-state index contributed by atoms with van der Waals surface area (Å²) >= 11 is 6.28. The van der Waals surface area contributed by atoms with Crippen molar-refractivity contribution in [2.45, 2.75) is 95.7 Å². The Morgan fingerprint density at radius 2 is 1.60 bits per heavy atom. The van der Waals surface area contributed by atoms with Gasteiger partial charge in [-0.3, -0.25) is 58.7 Å². The molecule has 0 spiro atoms. The number of carbonyl (C=O) groups excluding carboxylic acids is 6. The molecule has 1 unspecified atom stereocenters. The number of ketones is 1. The highest BCUT2D eigenvalue weighted by Gasteiger charge is 2.46. The number of pyridine rings is 1. The van der Waals surface area contributed by atoms with Crippen molar-refractivity contribution in [3.8, 4) is 11.5 Å². The average Bonchev–Trinajstić information content (AvgIpc) is 1.58. The van der Waals surface area contributed by atoms with E-state index < -0.39 is 61.7 Å². The number of amides is 5. The summed E-state index contributed by atoms with van der Waals surface area (Å²) in [5.41, 5.74) is 6.86. The van der Waals surface area contributed by atoms with Gasteiger partial charge in [0.25, 0.3) is 17.5 Å². The molecular formula is C72H82ClN13O14S. The zero-order valence-corrected chi connectivity index (χ0v) is 58.0. The van der Waals surface area contributed by atoms with Gasteiger partial charge in [0, 0.05) is 118 Å². The van der Waals surface area contributed by atoms with E-state index in [1.165, 1.54) is 41.1 Å². The van der Waals surface area contributed by atoms with Crippen molar-refractivity contribution in [1.82, 2.24) is 45.0 Å². The number of piperidine rings is 2. The Labute approximate surface area is 589 Å². The van der Waals surface area contributed by atoms with Gasteiger partial charge in [0.05, 0.1) is 78.5 Å². The van der Waals surface area contributed by atoms with E-state index in [1.807, 2.05) is 23.1 Å². The molecule has 1 atom stereocenters. The Morgan fingerprint density at radius 1 is 0.832 bits per heavy atom. The molecule has 27 nitrogen and oxygen atoms in total. The lowest BCUT2D eigenvalue weighted by molar-refractivity contribution is -0.384. The highest BCUT2D eigenvalue weighted by molar-refractivity contribution is 7.92. The molecule has 7 heterocycles. The van der Waals surface area contributed by atoms with Crippen LogP contribution in [-0.4, -0.2) is 192 Å². The number of H-pyrrole nitrogens is 1. The van der Waals surface area contributed by atoms with Crippen LogP contribution in [0, 0.1) is 21.4 Å². The monoisotopic (exact) mass is 1420 g/mol. The lowest BCUT2D eigenvalue weighted by Gasteiger charge is -2.39. The van der Waals surface area contributed by atoms with E-state index in [0.29, 0.717) is 126 Å². The molecule has 3 aromatic heterocycles. The van der Waals surface area contributed by atoms with E-state index in [0.717, 1.165) is 60.9 Å². The second-order valence-corrected chi connectivity index (χ2v) is 29.3. The van der Waals surface area contributed by atoms with Gasteiger partial charge in [0.1, 0.15) is 40.3 Å². The highest BCUT2D eigenvalue weighted by atomic mass is 35.5. The number of halogens is 1. The number of likely N-dealkylation sites (tertiary alicyclic amines) is 1. The molecule has 12 rings (SSSR count). The molecule has 5 aliphatic rings. The molecule has 0 bridgehead atoms. The molecule has 3 saturated heterocycles. The fourth-order valence-electron chi connectivity index (χ4n) is 13.6. The predicted molar refractivity (Wildman–Crippen MR) is 377 cm³/mol. The largest absolute Gasteiger partial charge is 0.455 e. The zero-order chi connectivity index (χ0) is 70.8. The molecule has 1 aliphatic carbocycles. The minimum atomic E-state index is -4.42. The number of sulfone groups is 1. The lowest BCUT2D eigenvalue weighted by atomic mass is 9.72. The number of imide groups is 2. The molecule has 7 aromatic rings. The Kier molecular flexibility index (Phi) is 22.6. The first-order valence-electron chi connectivity index (χ1n) is 34.2. The standard InChI is InChI=1S/C72H82ClN13O14S/c1-72(2)22-18-50(58(40-72)48-8-10-51(73)11-9-48)43-81-28-30-82(31-29-81)53-12-14-56(64(38-53)100-54-37-49-19-23-75-68(49)77-42-54)63(87)46-101(95,96)55-13-15-59(62(39-55)86(93)94)76-41-47-20-26-83(27-21-47)66(89)7-4-25-84-44-52(79-80-84)45-99-36-35-98-34-33-97-32-24-74-60-6-3-5-57-67(60)71(92)85(70(57)91)61-16-17-65(88)78-69(61)90/h3,5-6,8-15,19,23,37-39,42,44,47,61,74,76H,4,7,16-18,20-22,24-36,40-41,43,45-46H2,1-2H3,(H,75,77)(H,78,88,90). The third kappa shape index (κ3) is 17.7. The predicted octanol–water partition coefficient (Wildman–Crippen LogP) is 9.14. The van der Waals surface area contributed by atoms with Crippen molar-refractivity contribution in [3.05, 3.63) is 158 Å². The van der Waals surface area contributed by atoms with Crippen LogP contribution >= 0.6 is 11.6 Å². The summed E-state index contributed by atoms with van der Waals surface area (Å²) in [6.07, 6.45) is 10.4. The Bertz CT molecular complexity index is 4390. The van der Waals surface area contributed by atoms with Crippen molar-refractivity contribution in [1.29, 1.82) is 0 Å². The molecule has 4 aliphatic heterocycles. The smallest absolute Gasteiger partial charge is 0.293 e. The van der Waals surface area contributed by atoms with E-state index in [4.69, 9.17) is 30.5 Å². The number of fused-ring (bicyclic) bond motifs is 2. The van der Waals surface area contributed by atoms with Gasteiger partial charge < -0.3 is 44.4 Å². The zero-order valence-electron chi connectivity index (χ0n) is 56.5. The van der Waals surface area contributed by atoms with Gasteiger partial charge >= 0.3 is 0 Å². The van der Waals surface area contributed by atoms with Crippen LogP contribution in [0.4, 0.5) is 22.7 Å². The number of allylic oxidation sites excluding steroid dienone is 1. The number of aromatic nitrogens is 5. The topological polar surface area (TPSA) is 325 Å². The number of nitro benzene ring substituents is 1. The normalized spacial score (nSPS) is 17.6. The number of nitro groups is 1. The Balaban J connectivity index is 0.552. The number of aryl methyl sites for hydroxylation is 1. The molecule has 4 aromatic carbocycles. The molecule has 3 fully saturated rings. The van der Waals surface area contributed by atoms with Gasteiger partial charge in [-0.15, -0.1) is 5.10 Å². The van der Waals surface area contributed by atoms with Gasteiger partial charge in [-0.1, -0.05) is 54.4 Å². The maximum Gasteiger partial charge on any atom is 0.293 e. The van der Waals surface area contributed by atoms with E-state index >= 15 is 0 Å². The number of nitrogens with zero attached hydrogens (tertiary/aromatic N) is 9. The summed E-state index contributed by atoms with van der Waals surface area (Å²) in [7, 11) is -4.42. The van der Waals surface area contributed by atoms with E-state index in [9.17, 15) is 47.3 Å². The van der Waals surface area contributed by atoms with Crippen molar-refractivity contribution in [3.63, 3.8) is 0 Å². The number of piperazine rings is 1. The van der Waals surface area contributed by atoms with Gasteiger partial charge in [-0.2, -0.15) is 0 Å². The first kappa shape index (κ1) is 71.4. The summed E-state index contributed by atoms with van der Waals surface area (Å²) < 4.78 is 53.3. The summed E-state index contributed by atoms with van der Waals surface area (Å²) in [6, 6.07) is 24.4. The number of carbonyl (C=O) groups is 6. The first-order chi connectivity index (χ1) is 48.7. The van der Waals surface area contributed by atoms with Crippen LogP contribution in [0.15, 0.2) is 120 Å². The Morgan fingerprint density at radius 3 is 2.38 bits per heavy atom. The lowest BCUT2D eigenvalue weighted by Crippen LogP contribution is -2.54. The molecular weight excluding hydrogens is 1340 g/mol. The number of rotatable bonds is 31. The second-order valence-electron chi connectivity index (χ2n) is 26.8. The fraction of sp³-hybridized carbons (Fsp3) is 0.431. The van der Waals surface area contributed by atoms with Gasteiger partial charge in [0.2, 0.25) is 17.7 Å². The maximum absolute atomic E-state index is 14.3. The van der Waals surface area contributed by atoms with E-state index in [1.54, 1.807) is 53.5 Å². The summed E-state index contributed by atoms with van der Waals surface area (Å²) in [5, 5.41) is 30.9. The van der Waals surface area contributed by atoms with Crippen LogP contribution in [0.3, 0.4) is 0 Å². The number of Topliss-reactive ketones (excluding diaryl/α,β-unsaturated/α-hetero) is 1. The quantitative estimate of drug-likeness (QED) is 0.0103. The number of aromatic amines is 1. The fourth-order valence-corrected chi connectivity index (χ4v) is 15.0. The van der Waals surface area contributed by atoms with Crippen molar-refractivity contribution in [2.75, 3.05) is 113 Å². The molecule has 532 valence electrons. The molecule has 5 amide bonds. The molecule has 29 heteroatoms. The Hall–Kier alpha value is -9.45. The van der Waals surface area contributed by atoms with Crippen molar-refractivity contribution < 1.29 is 61.1 Å². The number of hydrogen-bond acceptors (Lipinski definition) is 21. The van der Waals surface area contributed by atoms with E-state index in [2.05, 4.69) is 72.0 Å². The van der Waals surface area contributed by atoms with Crippen LogP contribution in [0.2, 0.25) is 5.02 Å². The first-order valence-corrected chi connectivity index (χ1v) is 36.2. The van der Waals surface area contributed by atoms with Gasteiger partial charge in [-0.25, -0.2) is 13.4 Å². The molecule has 4 N–H and O–H groups in total. The molecule has 101 heavy (non-hydrogen) atoms. The third-order valence-corrected chi connectivity index (χ3v) is 21.0. The SMILES string of the molecule is CC1(C)CCC(CN2CCN(c3ccc(C(=O)CS(=O)(=O)c4ccc(NCC5CCN(C(=O)CCCn6cc(COCCOCCOCCNc7cccc8c7C(=O)N(C7CCC(=O)NC7=O)C8=O)nn6)CC5)c([N+](=O)[O-])c4)c(Oc4cnc5[nH]ccc5c4)c3)CC2)=C(c2ccc(Cl)cc2)C1. The molecule has 0 radical (unpaired) electrons. The number of nitrogens with one attached hydrogen (secondary N) is 4. The number of anilines is 3. The minimum absolute atomic E-state index is 0.0102. The third-order valence-electron chi connectivity index (χ3n) is 19.2. The minimum Gasteiger partial charge on any atom is -0.455 e. The van der Waals surface area contributed by atoms with Crippen LogP contribution in [0.1, 0.15) is 114 Å². The highest BCUT2D eigenvalue weighted by Crippen LogP contribution is 2.44. The second kappa shape index (κ2) is 32.0. The molecule has 0 saturated carbocycles. The number of hydrogen-bond donors (Lipinski definition) is 4. The van der Waals surface area contributed by atoms with Gasteiger partial charge in [-0.05, 0) is 128 Å². The van der Waals surface area contributed by atoms with Crippen LogP contribution in [-0.2, 0) is 51.6 Å². The van der Waals surface area contributed by atoms with Crippen LogP contribution < -0.4 is 25.6 Å². The summed E-state index contributed by atoms with van der Waals surface area (Å²) in [6.45, 7) is 12.4. The maximum atomic E-state index is 14.3. The van der Waals surface area contributed by atoms with E-state index in [-0.39, 0.29) is 76.3 Å². The number of benzene rings is 4. The van der Waals surface area contributed by atoms with Crippen molar-refractivity contribution >= 4 is 96.1 Å². The van der Waals surface area contributed by atoms with Crippen LogP contribution in [0.5, 0.6) is 11.5 Å². The van der Waals surface area contributed by atoms with Crippen molar-refractivity contribution in [2.24, 2.45) is 11.3 Å². The summed E-state index contributed by atoms with van der Waals surface area (Å²) in [4.78, 5) is 105. The summed E-state index contributed by atoms with van der Waals surface area (Å²) in [5.74, 6) is -3.41.